The average molecular weight is 1060 g/mol. The molecule has 0 aromatic carbocycles. The first-order valence-corrected chi connectivity index (χ1v) is 27.0. The lowest BCUT2D eigenvalue weighted by atomic mass is 9.35. The van der Waals surface area contributed by atoms with Crippen LogP contribution in [0.15, 0.2) is 11.6 Å². The predicted octanol–water partition coefficient (Wildman–Crippen LogP) is -1.57. The highest BCUT2D eigenvalue weighted by Crippen LogP contribution is 2.80. The molecule has 4 saturated carbocycles. The summed E-state index contributed by atoms with van der Waals surface area (Å²) in [6, 6.07) is 0. The van der Waals surface area contributed by atoms with Crippen LogP contribution in [0.2, 0.25) is 0 Å². The first-order valence-electron chi connectivity index (χ1n) is 27.0. The van der Waals surface area contributed by atoms with E-state index in [-0.39, 0.29) is 46.7 Å². The third-order valence-electron chi connectivity index (χ3n) is 20.5. The number of fused-ring (bicyclic) bond motifs is 4. The van der Waals surface area contributed by atoms with Gasteiger partial charge < -0.3 is 109 Å². The van der Waals surface area contributed by atoms with Crippen LogP contribution in [0.25, 0.3) is 0 Å². The summed E-state index contributed by atoms with van der Waals surface area (Å²) in [6.07, 6.45) is -21.2. The topological polar surface area (TPSA) is 335 Å². The largest absolute Gasteiger partial charge is 0.394 e. The van der Waals surface area contributed by atoms with Gasteiger partial charge in [0.25, 0.3) is 0 Å². The number of aliphatic hydroxyl groups excluding tert-OH is 11. The van der Waals surface area contributed by atoms with Gasteiger partial charge in [-0.05, 0) is 93.3 Å². The van der Waals surface area contributed by atoms with E-state index in [4.69, 9.17) is 47.4 Å². The molecule has 10 fully saturated rings. The standard InChI is InChI=1S/C52H84O22/c1-22(2)14-23-15-50(7,64)42-24-8-9-30-48(5)12-11-31(47(3,4)29(48)10-13-49(30,6)51(24)20-52(42,74-23)67-21-51)71-46-41(73-44-37(61)33(57)27(17-54)69-44)40(25(55)18-65-46)72-45-39(63)36(60)34(58)28(70-45)19-66-43-38(62)35(59)32(56)26(16-53)68-43/h14,23-46,53-64H,8-13,15-21H2,1-7H3/t23?,24?,25-,26+,27-,28+,29?,30?,31-,32+,33-,34+,35-,36-,37+,38+,39+,40-,41+,42?,43+,44-,45-,46-,48-,49+,50-,51-,52-/m0/s1. The molecule has 22 heteroatoms. The van der Waals surface area contributed by atoms with Crippen molar-refractivity contribution in [3.05, 3.63) is 11.6 Å². The van der Waals surface area contributed by atoms with Gasteiger partial charge in [0, 0.05) is 24.2 Å². The normalized spacial score (nSPS) is 56.7. The van der Waals surface area contributed by atoms with Crippen LogP contribution >= 0.6 is 0 Å². The van der Waals surface area contributed by atoms with Crippen molar-refractivity contribution >= 4 is 0 Å². The molecule has 22 nitrogen and oxygen atoms in total. The zero-order chi connectivity index (χ0) is 53.4. The number of rotatable bonds is 12. The number of aliphatic hydroxyl groups is 12. The molecule has 5 unspecified atom stereocenters. The molecule has 4 aliphatic carbocycles. The van der Waals surface area contributed by atoms with Crippen LogP contribution in [0.4, 0.5) is 0 Å². The van der Waals surface area contributed by atoms with E-state index in [1.165, 1.54) is 0 Å². The van der Waals surface area contributed by atoms with Gasteiger partial charge in [0.1, 0.15) is 85.5 Å². The minimum Gasteiger partial charge on any atom is -0.394 e. The Balaban J connectivity index is 0.879. The third-order valence-corrected chi connectivity index (χ3v) is 20.5. The Kier molecular flexibility index (Phi) is 15.3. The molecule has 12 N–H and O–H groups in total. The molecule has 0 radical (unpaired) electrons. The van der Waals surface area contributed by atoms with Crippen molar-refractivity contribution in [2.24, 2.45) is 45.3 Å². The van der Waals surface area contributed by atoms with Gasteiger partial charge in [0.05, 0.1) is 50.8 Å². The second-order valence-electron chi connectivity index (χ2n) is 25.3. The molecule has 2 bridgehead atoms. The molecular formula is C52H84O22. The summed E-state index contributed by atoms with van der Waals surface area (Å²) in [7, 11) is 0. The zero-order valence-electron chi connectivity index (χ0n) is 43.6. The summed E-state index contributed by atoms with van der Waals surface area (Å²) in [5.74, 6) is -0.233. The van der Waals surface area contributed by atoms with Crippen LogP contribution in [-0.4, -0.2) is 229 Å². The van der Waals surface area contributed by atoms with Crippen LogP contribution < -0.4 is 0 Å². The summed E-state index contributed by atoms with van der Waals surface area (Å²) in [6.45, 7) is 13.6. The van der Waals surface area contributed by atoms with Crippen LogP contribution in [0, 0.1) is 45.3 Å². The Bertz CT molecular complexity index is 2020. The number of hydrogen-bond donors (Lipinski definition) is 12. The maximum absolute atomic E-state index is 12.3. The highest BCUT2D eigenvalue weighted by atomic mass is 16.8. The Morgan fingerprint density at radius 2 is 1.23 bits per heavy atom. The van der Waals surface area contributed by atoms with Gasteiger partial charge in [-0.15, -0.1) is 0 Å². The van der Waals surface area contributed by atoms with Crippen LogP contribution in [0.3, 0.4) is 0 Å². The molecule has 29 atom stereocenters. The molecular weight excluding hydrogens is 977 g/mol. The first-order chi connectivity index (χ1) is 34.8. The van der Waals surface area contributed by atoms with E-state index in [1.54, 1.807) is 0 Å². The Hall–Kier alpha value is -1.14. The van der Waals surface area contributed by atoms with Crippen LogP contribution in [0.5, 0.6) is 0 Å². The molecule has 6 heterocycles. The van der Waals surface area contributed by atoms with Crippen molar-refractivity contribution in [2.45, 2.75) is 234 Å². The Morgan fingerprint density at radius 3 is 1.89 bits per heavy atom. The fourth-order valence-corrected chi connectivity index (χ4v) is 17.0. The van der Waals surface area contributed by atoms with Gasteiger partial charge >= 0.3 is 0 Å². The van der Waals surface area contributed by atoms with Crippen molar-refractivity contribution in [2.75, 3.05) is 33.0 Å². The van der Waals surface area contributed by atoms with E-state index in [2.05, 4.69) is 47.6 Å². The minimum atomic E-state index is -1.94. The first kappa shape index (κ1) is 56.1. The average Bonchev–Trinajstić information content (AvgIpc) is 3.96. The Morgan fingerprint density at radius 1 is 0.635 bits per heavy atom. The smallest absolute Gasteiger partial charge is 0.187 e. The maximum Gasteiger partial charge on any atom is 0.187 e. The van der Waals surface area contributed by atoms with Gasteiger partial charge in [-0.1, -0.05) is 39.3 Å². The van der Waals surface area contributed by atoms with Crippen molar-refractivity contribution in [3.8, 4) is 0 Å². The van der Waals surface area contributed by atoms with Gasteiger partial charge in [-0.3, -0.25) is 0 Å². The van der Waals surface area contributed by atoms with Crippen molar-refractivity contribution in [3.63, 3.8) is 0 Å². The molecule has 6 aliphatic heterocycles. The minimum absolute atomic E-state index is 0.108. The molecule has 6 saturated heterocycles. The SMILES string of the molecule is CC(C)=CC1C[C@](C)(O)C2C3CCC4[C@@]5(C)CC[C@H](O[C@@H]6OC[C@H](O)[C@H](O[C@@H]7O[C@H](CO[C@@H]8O[C@H](CO)[C@@H](O)[C@H](O)[C@H]8O)[C@@H](O)[C@H](O)[C@H]7O)[C@H]6O[C@@H]6O[C@@H](CO)[C@H](O)[C@H]6O)C(C)(C)C5CC[C@@]4(C)[C@@]34CO[C@@]2(C4)O1. The molecule has 74 heavy (non-hydrogen) atoms. The molecule has 0 aromatic rings. The summed E-state index contributed by atoms with van der Waals surface area (Å²) in [5.41, 5.74) is -0.717. The molecule has 424 valence electrons. The van der Waals surface area contributed by atoms with Gasteiger partial charge in [-0.25, -0.2) is 0 Å². The van der Waals surface area contributed by atoms with Gasteiger partial charge in [0.2, 0.25) is 0 Å². The lowest BCUT2D eigenvalue weighted by Gasteiger charge is -2.70. The second-order valence-corrected chi connectivity index (χ2v) is 25.3. The van der Waals surface area contributed by atoms with E-state index >= 15 is 0 Å². The van der Waals surface area contributed by atoms with Crippen molar-refractivity contribution < 1.29 is 109 Å². The Labute approximate surface area is 431 Å². The van der Waals surface area contributed by atoms with Crippen LogP contribution in [0.1, 0.15) is 99.8 Å². The summed E-state index contributed by atoms with van der Waals surface area (Å²) >= 11 is 0. The quantitative estimate of drug-likeness (QED) is 0.0776. The van der Waals surface area contributed by atoms with E-state index in [0.717, 1.165) is 44.1 Å². The van der Waals surface area contributed by atoms with Crippen LogP contribution in [-0.2, 0) is 47.4 Å². The fourth-order valence-electron chi connectivity index (χ4n) is 17.0. The molecule has 0 aromatic heterocycles. The van der Waals surface area contributed by atoms with Gasteiger partial charge in [0.15, 0.2) is 30.9 Å². The molecule has 0 amide bonds. The number of hydrogen-bond acceptors (Lipinski definition) is 22. The van der Waals surface area contributed by atoms with Crippen molar-refractivity contribution in [1.82, 2.24) is 0 Å². The summed E-state index contributed by atoms with van der Waals surface area (Å²) in [5, 5.41) is 130. The molecule has 2 spiro atoms. The van der Waals surface area contributed by atoms with E-state index in [0.29, 0.717) is 25.4 Å². The highest BCUT2D eigenvalue weighted by molar-refractivity contribution is 5.27. The molecule has 10 aliphatic rings. The number of allylic oxidation sites excluding steroid dienone is 1. The fraction of sp³-hybridized carbons (Fsp3) is 0.962. The van der Waals surface area contributed by atoms with E-state index < -0.39 is 153 Å². The van der Waals surface area contributed by atoms with E-state index in [1.807, 2.05) is 6.92 Å². The van der Waals surface area contributed by atoms with Crippen molar-refractivity contribution in [1.29, 1.82) is 0 Å². The zero-order valence-corrected chi connectivity index (χ0v) is 43.6. The molecule has 10 rings (SSSR count). The summed E-state index contributed by atoms with van der Waals surface area (Å²) in [4.78, 5) is 0. The maximum atomic E-state index is 12.3. The van der Waals surface area contributed by atoms with E-state index in [9.17, 15) is 61.3 Å². The van der Waals surface area contributed by atoms with Gasteiger partial charge in [-0.2, -0.15) is 0 Å². The second kappa shape index (κ2) is 20.1. The lowest BCUT2D eigenvalue weighted by molar-refractivity contribution is -0.378. The summed E-state index contributed by atoms with van der Waals surface area (Å²) < 4.78 is 62.4. The predicted molar refractivity (Wildman–Crippen MR) is 251 cm³/mol. The lowest BCUT2D eigenvalue weighted by Crippen LogP contribution is -2.67. The number of ether oxygens (including phenoxy) is 10. The third kappa shape index (κ3) is 8.83. The monoisotopic (exact) mass is 1060 g/mol. The highest BCUT2D eigenvalue weighted by Gasteiger charge is 2.81.